The monoisotopic (exact) mass is 403 g/mol. The van der Waals surface area contributed by atoms with Crippen molar-refractivity contribution in [2.45, 2.75) is 12.5 Å². The van der Waals surface area contributed by atoms with E-state index in [1.165, 1.54) is 17.1 Å². The number of benzene rings is 1. The summed E-state index contributed by atoms with van der Waals surface area (Å²) in [6, 6.07) is 11.5. The van der Waals surface area contributed by atoms with Gasteiger partial charge in [-0.25, -0.2) is 9.40 Å². The first kappa shape index (κ1) is 17.8. The lowest BCUT2D eigenvalue weighted by molar-refractivity contribution is -0.131. The Bertz CT molecular complexity index is 973. The highest BCUT2D eigenvalue weighted by molar-refractivity contribution is 7.12. The Labute approximate surface area is 164 Å². The number of thiophene rings is 1. The number of nitrogens with zero attached hydrogens (tertiary/aromatic N) is 2. The smallest absolute Gasteiger partial charge is 0.262 e. The molecule has 3 aromatic rings. The molecule has 8 heteroatoms. The summed E-state index contributed by atoms with van der Waals surface area (Å²) in [6.45, 7) is -0.100. The third-order valence-electron chi connectivity index (χ3n) is 4.20. The zero-order valence-electron chi connectivity index (χ0n) is 14.1. The molecule has 5 nitrogen and oxygen atoms in total. The summed E-state index contributed by atoms with van der Waals surface area (Å²) >= 11 is 7.32. The summed E-state index contributed by atoms with van der Waals surface area (Å²) in [6.07, 6.45) is 2.14. The van der Waals surface area contributed by atoms with Crippen molar-refractivity contribution in [3.8, 4) is 0 Å². The van der Waals surface area contributed by atoms with Crippen molar-refractivity contribution in [2.24, 2.45) is 5.10 Å². The van der Waals surface area contributed by atoms with Crippen LogP contribution in [0.4, 0.5) is 10.1 Å². The lowest BCUT2D eigenvalue weighted by Gasteiger charge is -2.20. The number of rotatable bonds is 5. The molecule has 3 heterocycles. The van der Waals surface area contributed by atoms with Crippen LogP contribution >= 0.6 is 22.9 Å². The van der Waals surface area contributed by atoms with Crippen molar-refractivity contribution in [1.29, 1.82) is 0 Å². The number of carbonyl (C=O) groups is 1. The van der Waals surface area contributed by atoms with Gasteiger partial charge in [0.2, 0.25) is 0 Å². The average molecular weight is 404 g/mol. The second kappa shape index (κ2) is 7.54. The molecule has 4 rings (SSSR count). The molecule has 0 radical (unpaired) electrons. The Morgan fingerprint density at radius 2 is 2.26 bits per heavy atom. The summed E-state index contributed by atoms with van der Waals surface area (Å²) in [5.74, 6) is -0.129. The van der Waals surface area contributed by atoms with Crippen molar-refractivity contribution in [3.05, 3.63) is 75.6 Å². The van der Waals surface area contributed by atoms with E-state index in [4.69, 9.17) is 16.0 Å². The van der Waals surface area contributed by atoms with Gasteiger partial charge in [0.25, 0.3) is 5.91 Å². The molecule has 1 atom stereocenters. The third-order valence-corrected chi connectivity index (χ3v) is 5.36. The average Bonchev–Trinajstić information content (AvgIpc) is 3.40. The second-order valence-electron chi connectivity index (χ2n) is 5.98. The summed E-state index contributed by atoms with van der Waals surface area (Å²) in [5, 5.41) is 11.0. The van der Waals surface area contributed by atoms with E-state index < -0.39 is 5.82 Å². The number of hydrogen-bond acceptors (Lipinski definition) is 5. The van der Waals surface area contributed by atoms with Crippen molar-refractivity contribution >= 4 is 40.2 Å². The van der Waals surface area contributed by atoms with E-state index >= 15 is 0 Å². The number of nitrogens with one attached hydrogen (secondary N) is 1. The van der Waals surface area contributed by atoms with Crippen molar-refractivity contribution in [1.82, 2.24) is 5.01 Å². The van der Waals surface area contributed by atoms with E-state index in [1.807, 2.05) is 23.6 Å². The number of hydrogen-bond donors (Lipinski definition) is 1. The highest BCUT2D eigenvalue weighted by Crippen LogP contribution is 2.34. The Kier molecular flexibility index (Phi) is 4.96. The minimum Gasteiger partial charge on any atom is -0.467 e. The van der Waals surface area contributed by atoms with Gasteiger partial charge in [0.15, 0.2) is 0 Å². The molecule has 1 aliphatic heterocycles. The van der Waals surface area contributed by atoms with Gasteiger partial charge >= 0.3 is 0 Å². The van der Waals surface area contributed by atoms with E-state index in [0.717, 1.165) is 10.6 Å². The first-order valence-electron chi connectivity index (χ1n) is 8.27. The zero-order chi connectivity index (χ0) is 18.8. The van der Waals surface area contributed by atoms with Gasteiger partial charge in [-0.05, 0) is 41.8 Å². The molecule has 0 saturated carbocycles. The molecule has 1 N–H and O–H groups in total. The molecule has 0 spiro atoms. The minimum atomic E-state index is -0.512. The molecule has 0 unspecified atom stereocenters. The van der Waals surface area contributed by atoms with E-state index in [1.54, 1.807) is 29.7 Å². The lowest BCUT2D eigenvalue weighted by Crippen LogP contribution is -2.32. The fourth-order valence-corrected chi connectivity index (χ4v) is 3.80. The standard InChI is InChI=1S/C19H15ClFN3O2S/c20-12-5-6-14(13(21)9-12)22-11-19(25)24-16(17-3-1-7-26-17)10-15(23-24)18-4-2-8-27-18/h1-9,16,22H,10-11H2/t16-/m1/s1. The predicted octanol–water partition coefficient (Wildman–Crippen LogP) is 4.92. The fourth-order valence-electron chi connectivity index (χ4n) is 2.92. The molecule has 1 aromatic carbocycles. The Morgan fingerprint density at radius 3 is 2.96 bits per heavy atom. The SMILES string of the molecule is O=C(CNc1ccc(Cl)cc1F)N1N=C(c2cccs2)C[C@@H]1c1ccco1. The van der Waals surface area contributed by atoms with Crippen molar-refractivity contribution in [3.63, 3.8) is 0 Å². The molecule has 1 aliphatic rings. The number of carbonyl (C=O) groups excluding carboxylic acids is 1. The van der Waals surface area contributed by atoms with Crippen LogP contribution in [0.25, 0.3) is 0 Å². The van der Waals surface area contributed by atoms with Gasteiger partial charge in [-0.15, -0.1) is 11.3 Å². The molecular weight excluding hydrogens is 389 g/mol. The maximum Gasteiger partial charge on any atom is 0.262 e. The third kappa shape index (κ3) is 3.74. The normalized spacial score (nSPS) is 16.4. The van der Waals surface area contributed by atoms with Gasteiger partial charge in [0.05, 0.1) is 29.1 Å². The first-order chi connectivity index (χ1) is 13.1. The van der Waals surface area contributed by atoms with Gasteiger partial charge in [-0.3, -0.25) is 4.79 Å². The number of hydrazone groups is 1. The van der Waals surface area contributed by atoms with Gasteiger partial charge in [-0.1, -0.05) is 17.7 Å². The topological polar surface area (TPSA) is 57.8 Å². The van der Waals surface area contributed by atoms with Crippen LogP contribution in [-0.2, 0) is 4.79 Å². The summed E-state index contributed by atoms with van der Waals surface area (Å²) in [7, 11) is 0. The molecular formula is C19H15ClFN3O2S. The molecule has 0 aliphatic carbocycles. The number of amides is 1. The summed E-state index contributed by atoms with van der Waals surface area (Å²) < 4.78 is 19.4. The summed E-state index contributed by atoms with van der Waals surface area (Å²) in [5.41, 5.74) is 1.04. The number of furan rings is 1. The van der Waals surface area contributed by atoms with Gasteiger partial charge in [0, 0.05) is 11.4 Å². The Hall–Kier alpha value is -2.64. The van der Waals surface area contributed by atoms with Crippen LogP contribution in [0, 0.1) is 5.82 Å². The predicted molar refractivity (Wildman–Crippen MR) is 104 cm³/mol. The van der Waals surface area contributed by atoms with Crippen LogP contribution < -0.4 is 5.32 Å². The Morgan fingerprint density at radius 1 is 1.37 bits per heavy atom. The van der Waals surface area contributed by atoms with Gasteiger partial charge in [-0.2, -0.15) is 5.10 Å². The summed E-state index contributed by atoms with van der Waals surface area (Å²) in [4.78, 5) is 13.8. The molecule has 27 heavy (non-hydrogen) atoms. The molecule has 2 aromatic heterocycles. The highest BCUT2D eigenvalue weighted by Gasteiger charge is 2.35. The number of anilines is 1. The molecule has 1 amide bonds. The van der Waals surface area contributed by atoms with E-state index in [2.05, 4.69) is 10.4 Å². The maximum atomic E-state index is 13.9. The van der Waals surface area contributed by atoms with E-state index in [0.29, 0.717) is 17.2 Å². The van der Waals surface area contributed by atoms with Crippen molar-refractivity contribution in [2.75, 3.05) is 11.9 Å². The molecule has 138 valence electrons. The molecule has 0 saturated heterocycles. The fraction of sp³-hybridized carbons (Fsp3) is 0.158. The first-order valence-corrected chi connectivity index (χ1v) is 9.53. The van der Waals surface area contributed by atoms with Gasteiger partial charge in [0.1, 0.15) is 17.6 Å². The van der Waals surface area contributed by atoms with Gasteiger partial charge < -0.3 is 9.73 Å². The molecule has 0 fully saturated rings. The van der Waals surface area contributed by atoms with Crippen LogP contribution in [0.15, 0.2) is 63.6 Å². The second-order valence-corrected chi connectivity index (χ2v) is 7.36. The van der Waals surface area contributed by atoms with Crippen LogP contribution in [0.2, 0.25) is 5.02 Å². The van der Waals surface area contributed by atoms with Crippen LogP contribution in [0.5, 0.6) is 0 Å². The van der Waals surface area contributed by atoms with Crippen molar-refractivity contribution < 1.29 is 13.6 Å². The quantitative estimate of drug-likeness (QED) is 0.657. The minimum absolute atomic E-state index is 0.100. The molecule has 0 bridgehead atoms. The lowest BCUT2D eigenvalue weighted by atomic mass is 10.1. The largest absolute Gasteiger partial charge is 0.467 e. The number of halogens is 2. The van der Waals surface area contributed by atoms with E-state index in [-0.39, 0.29) is 24.2 Å². The Balaban J connectivity index is 1.53. The van der Waals surface area contributed by atoms with Crippen LogP contribution in [-0.4, -0.2) is 23.2 Å². The van der Waals surface area contributed by atoms with Crippen LogP contribution in [0.1, 0.15) is 23.1 Å². The highest BCUT2D eigenvalue weighted by atomic mass is 35.5. The van der Waals surface area contributed by atoms with Crippen LogP contribution in [0.3, 0.4) is 0 Å². The van der Waals surface area contributed by atoms with E-state index in [9.17, 15) is 9.18 Å². The zero-order valence-corrected chi connectivity index (χ0v) is 15.6. The maximum absolute atomic E-state index is 13.9.